The Morgan fingerprint density at radius 3 is 2.42 bits per heavy atom. The maximum atomic E-state index is 13.5. The van der Waals surface area contributed by atoms with Crippen LogP contribution in [0.1, 0.15) is 18.4 Å². The molecule has 0 bridgehead atoms. The lowest BCUT2D eigenvalue weighted by Crippen LogP contribution is -2.46. The van der Waals surface area contributed by atoms with Crippen LogP contribution in [0.15, 0.2) is 47.5 Å². The van der Waals surface area contributed by atoms with Crippen molar-refractivity contribution < 1.29 is 8.78 Å². The number of aliphatic imine (C=N–C) groups is 1. The Morgan fingerprint density at radius 1 is 0.968 bits per heavy atom. The summed E-state index contributed by atoms with van der Waals surface area (Å²) in [6, 6.07) is 13.2. The fraction of sp³-hybridized carbons (Fsp3) is 0.458. The zero-order chi connectivity index (χ0) is 21.8. The van der Waals surface area contributed by atoms with Gasteiger partial charge >= 0.3 is 0 Å². The first-order valence-electron chi connectivity index (χ1n) is 11.0. The van der Waals surface area contributed by atoms with Crippen LogP contribution in [0.25, 0.3) is 0 Å². The molecule has 2 N–H and O–H groups in total. The largest absolute Gasteiger partial charge is 0.371 e. The van der Waals surface area contributed by atoms with Crippen molar-refractivity contribution >= 4 is 17.3 Å². The van der Waals surface area contributed by atoms with E-state index in [9.17, 15) is 8.78 Å². The van der Waals surface area contributed by atoms with Crippen LogP contribution >= 0.6 is 0 Å². The van der Waals surface area contributed by atoms with Crippen molar-refractivity contribution in [1.29, 1.82) is 0 Å². The Bertz CT molecular complexity index is 915. The maximum Gasteiger partial charge on any atom is 0.191 e. The number of halogens is 2. The number of hydrogen-bond donors (Lipinski definition) is 2. The highest BCUT2D eigenvalue weighted by Crippen LogP contribution is 2.25. The van der Waals surface area contributed by atoms with Gasteiger partial charge in [0.1, 0.15) is 0 Å². The van der Waals surface area contributed by atoms with E-state index in [1.807, 2.05) is 0 Å². The van der Waals surface area contributed by atoms with E-state index >= 15 is 0 Å². The van der Waals surface area contributed by atoms with Crippen molar-refractivity contribution in [3.63, 3.8) is 0 Å². The van der Waals surface area contributed by atoms with Gasteiger partial charge in [-0.1, -0.05) is 17.7 Å². The van der Waals surface area contributed by atoms with Gasteiger partial charge in [0.25, 0.3) is 0 Å². The zero-order valence-electron chi connectivity index (χ0n) is 18.2. The third-order valence-electron chi connectivity index (χ3n) is 6.26. The molecular formula is C24H31F2N5. The minimum atomic E-state index is -0.802. The first kappa shape index (κ1) is 21.4. The average molecular weight is 428 g/mol. The van der Waals surface area contributed by atoms with Gasteiger partial charge < -0.3 is 20.4 Å². The molecule has 31 heavy (non-hydrogen) atoms. The summed E-state index contributed by atoms with van der Waals surface area (Å²) in [4.78, 5) is 8.91. The van der Waals surface area contributed by atoms with Crippen molar-refractivity contribution in [1.82, 2.24) is 10.6 Å². The first-order valence-corrected chi connectivity index (χ1v) is 11.0. The van der Waals surface area contributed by atoms with Crippen molar-refractivity contribution in [2.75, 3.05) is 49.6 Å². The fourth-order valence-corrected chi connectivity index (χ4v) is 4.41. The molecule has 2 aromatic carbocycles. The van der Waals surface area contributed by atoms with E-state index in [0.717, 1.165) is 57.2 Å². The Balaban J connectivity index is 1.24. The summed E-state index contributed by atoms with van der Waals surface area (Å²) in [5, 5.41) is 7.00. The lowest BCUT2D eigenvalue weighted by molar-refractivity contribution is 0.508. The van der Waals surface area contributed by atoms with Crippen LogP contribution in [0.5, 0.6) is 0 Å². The van der Waals surface area contributed by atoms with Gasteiger partial charge in [-0.25, -0.2) is 8.78 Å². The van der Waals surface area contributed by atoms with Crippen LogP contribution in [0.3, 0.4) is 0 Å². The number of benzene rings is 2. The maximum absolute atomic E-state index is 13.5. The summed E-state index contributed by atoms with van der Waals surface area (Å²) in [6.07, 6.45) is 2.08. The third kappa shape index (κ3) is 5.27. The van der Waals surface area contributed by atoms with Crippen LogP contribution in [0.4, 0.5) is 20.2 Å². The SMILES string of the molecule is CN=C(NCC1CCN(c2ccc(F)c(F)c2)C1)NC1CCN(c2ccc(C)cc2)C1. The second-order valence-electron chi connectivity index (χ2n) is 8.56. The molecular weight excluding hydrogens is 396 g/mol. The van der Waals surface area contributed by atoms with Crippen molar-refractivity contribution in [2.45, 2.75) is 25.8 Å². The molecule has 2 aliphatic rings. The summed E-state index contributed by atoms with van der Waals surface area (Å²) in [5.41, 5.74) is 3.28. The molecule has 0 saturated carbocycles. The van der Waals surface area contributed by atoms with Crippen LogP contribution in [0.2, 0.25) is 0 Å². The molecule has 2 fully saturated rings. The molecule has 7 heteroatoms. The number of nitrogens with zero attached hydrogens (tertiary/aromatic N) is 3. The summed E-state index contributed by atoms with van der Waals surface area (Å²) < 4.78 is 26.7. The molecule has 2 saturated heterocycles. The average Bonchev–Trinajstić information content (AvgIpc) is 3.43. The molecule has 2 atom stereocenters. The quantitative estimate of drug-likeness (QED) is 0.566. The Labute approximate surface area is 183 Å². The van der Waals surface area contributed by atoms with Crippen LogP contribution in [0, 0.1) is 24.5 Å². The van der Waals surface area contributed by atoms with Gasteiger partial charge in [0.15, 0.2) is 17.6 Å². The van der Waals surface area contributed by atoms with Gasteiger partial charge in [-0.05, 0) is 49.9 Å². The van der Waals surface area contributed by atoms with Crippen molar-refractivity contribution in [2.24, 2.45) is 10.9 Å². The lowest BCUT2D eigenvalue weighted by Gasteiger charge is -2.22. The standard InChI is InChI=1S/C24H31F2N5/c1-17-3-5-20(6-4-17)31-12-10-19(16-31)29-24(27-2)28-14-18-9-11-30(15-18)21-7-8-22(25)23(26)13-21/h3-8,13,18-19H,9-12,14-16H2,1-2H3,(H2,27,28,29). The number of nitrogens with one attached hydrogen (secondary N) is 2. The van der Waals surface area contributed by atoms with Gasteiger partial charge in [-0.2, -0.15) is 0 Å². The first-order chi connectivity index (χ1) is 15.0. The van der Waals surface area contributed by atoms with E-state index < -0.39 is 11.6 Å². The van der Waals surface area contributed by atoms with Gasteiger partial charge in [-0.3, -0.25) is 4.99 Å². The normalized spacial score (nSPS) is 21.6. The lowest BCUT2D eigenvalue weighted by atomic mass is 10.1. The monoisotopic (exact) mass is 427 g/mol. The van der Waals surface area contributed by atoms with E-state index in [0.29, 0.717) is 12.0 Å². The molecule has 0 aromatic heterocycles. The molecule has 166 valence electrons. The van der Waals surface area contributed by atoms with Crippen LogP contribution in [-0.2, 0) is 0 Å². The smallest absolute Gasteiger partial charge is 0.191 e. The number of rotatable bonds is 5. The number of aryl methyl sites for hydroxylation is 1. The van der Waals surface area contributed by atoms with Gasteiger partial charge in [0, 0.05) is 63.3 Å². The minimum absolute atomic E-state index is 0.356. The molecule has 0 aliphatic carbocycles. The van der Waals surface area contributed by atoms with E-state index in [1.54, 1.807) is 13.1 Å². The highest BCUT2D eigenvalue weighted by molar-refractivity contribution is 5.80. The molecule has 0 spiro atoms. The molecule has 4 rings (SSSR count). The molecule has 5 nitrogen and oxygen atoms in total. The highest BCUT2D eigenvalue weighted by atomic mass is 19.2. The third-order valence-corrected chi connectivity index (χ3v) is 6.26. The fourth-order valence-electron chi connectivity index (χ4n) is 4.41. The van der Waals surface area contributed by atoms with E-state index in [4.69, 9.17) is 0 Å². The Kier molecular flexibility index (Phi) is 6.59. The van der Waals surface area contributed by atoms with Crippen molar-refractivity contribution in [3.05, 3.63) is 59.7 Å². The van der Waals surface area contributed by atoms with E-state index in [2.05, 4.69) is 56.6 Å². The molecule has 2 aromatic rings. The molecule has 2 aliphatic heterocycles. The van der Waals surface area contributed by atoms with Gasteiger partial charge in [0.2, 0.25) is 0 Å². The van der Waals surface area contributed by atoms with Crippen LogP contribution in [-0.4, -0.2) is 51.8 Å². The number of anilines is 2. The molecule has 2 unspecified atom stereocenters. The highest BCUT2D eigenvalue weighted by Gasteiger charge is 2.26. The van der Waals surface area contributed by atoms with Gasteiger partial charge in [0.05, 0.1) is 0 Å². The second kappa shape index (κ2) is 9.54. The number of hydrogen-bond acceptors (Lipinski definition) is 3. The van der Waals surface area contributed by atoms with Crippen molar-refractivity contribution in [3.8, 4) is 0 Å². The van der Waals surface area contributed by atoms with E-state index in [1.165, 1.54) is 23.4 Å². The topological polar surface area (TPSA) is 42.9 Å². The predicted molar refractivity (Wildman–Crippen MR) is 123 cm³/mol. The second-order valence-corrected chi connectivity index (χ2v) is 8.56. The summed E-state index contributed by atoms with van der Waals surface area (Å²) in [5.74, 6) is -0.342. The minimum Gasteiger partial charge on any atom is -0.371 e. The van der Waals surface area contributed by atoms with Gasteiger partial charge in [-0.15, -0.1) is 0 Å². The van der Waals surface area contributed by atoms with E-state index in [-0.39, 0.29) is 0 Å². The molecule has 0 radical (unpaired) electrons. The molecule has 0 amide bonds. The van der Waals surface area contributed by atoms with Crippen LogP contribution < -0.4 is 20.4 Å². The Hall–Kier alpha value is -2.83. The summed E-state index contributed by atoms with van der Waals surface area (Å²) in [7, 11) is 1.80. The summed E-state index contributed by atoms with van der Waals surface area (Å²) in [6.45, 7) is 6.56. The molecule has 2 heterocycles. The number of guanidine groups is 1. The zero-order valence-corrected chi connectivity index (χ0v) is 18.2. The summed E-state index contributed by atoms with van der Waals surface area (Å²) >= 11 is 0. The predicted octanol–water partition coefficient (Wildman–Crippen LogP) is 3.54. The Morgan fingerprint density at radius 2 is 1.68 bits per heavy atom.